The number of hydrogen-bond acceptors (Lipinski definition) is 4. The Hall–Kier alpha value is -2.34. The molecule has 1 aromatic heterocycles. The van der Waals surface area contributed by atoms with Crippen molar-refractivity contribution in [1.29, 1.82) is 0 Å². The average molecular weight is 289 g/mol. The molecule has 21 heavy (non-hydrogen) atoms. The van der Waals surface area contributed by atoms with Crippen molar-refractivity contribution in [3.05, 3.63) is 36.0 Å². The van der Waals surface area contributed by atoms with Crippen molar-refractivity contribution < 1.29 is 14.3 Å². The first-order chi connectivity index (χ1) is 10.2. The number of carbonyl (C=O) groups is 1. The molecule has 0 saturated carbocycles. The first-order valence-corrected chi connectivity index (χ1v) is 6.61. The predicted octanol–water partition coefficient (Wildman–Crippen LogP) is 1.47. The lowest BCUT2D eigenvalue weighted by atomic mass is 10.1. The van der Waals surface area contributed by atoms with Gasteiger partial charge in [-0.3, -0.25) is 9.48 Å². The van der Waals surface area contributed by atoms with Crippen molar-refractivity contribution >= 4 is 5.91 Å². The molecule has 0 unspecified atom stereocenters. The largest absolute Gasteiger partial charge is 0.497 e. The number of amides is 1. The van der Waals surface area contributed by atoms with Crippen LogP contribution in [-0.2, 0) is 11.8 Å². The van der Waals surface area contributed by atoms with Crippen LogP contribution in [0.3, 0.4) is 0 Å². The minimum atomic E-state index is -0.206. The van der Waals surface area contributed by atoms with Gasteiger partial charge >= 0.3 is 0 Å². The summed E-state index contributed by atoms with van der Waals surface area (Å²) >= 11 is 0. The van der Waals surface area contributed by atoms with E-state index in [1.165, 1.54) is 0 Å². The number of aromatic nitrogens is 2. The van der Waals surface area contributed by atoms with Gasteiger partial charge < -0.3 is 14.8 Å². The fourth-order valence-electron chi connectivity index (χ4n) is 1.97. The quantitative estimate of drug-likeness (QED) is 0.818. The Labute approximate surface area is 123 Å². The van der Waals surface area contributed by atoms with Gasteiger partial charge in [0.15, 0.2) is 5.69 Å². The van der Waals surface area contributed by atoms with Crippen LogP contribution in [0.25, 0.3) is 11.3 Å². The van der Waals surface area contributed by atoms with Crippen LogP contribution in [0.2, 0.25) is 0 Å². The van der Waals surface area contributed by atoms with E-state index in [1.807, 2.05) is 31.3 Å². The second-order valence-electron chi connectivity index (χ2n) is 4.52. The number of methoxy groups -OCH3 is 2. The predicted molar refractivity (Wildman–Crippen MR) is 79.4 cm³/mol. The molecule has 1 heterocycles. The highest BCUT2D eigenvalue weighted by molar-refractivity contribution is 5.93. The molecular weight excluding hydrogens is 270 g/mol. The third-order valence-electron chi connectivity index (χ3n) is 3.09. The van der Waals surface area contributed by atoms with Crippen molar-refractivity contribution in [1.82, 2.24) is 15.1 Å². The van der Waals surface area contributed by atoms with Gasteiger partial charge in [-0.25, -0.2) is 0 Å². The Balaban J connectivity index is 2.16. The monoisotopic (exact) mass is 289 g/mol. The molecule has 6 heteroatoms. The highest BCUT2D eigenvalue weighted by Gasteiger charge is 2.13. The Bertz CT molecular complexity index is 605. The van der Waals surface area contributed by atoms with E-state index < -0.39 is 0 Å². The van der Waals surface area contributed by atoms with Gasteiger partial charge in [-0.1, -0.05) is 0 Å². The summed E-state index contributed by atoms with van der Waals surface area (Å²) in [6.07, 6.45) is 0. The average Bonchev–Trinajstić information content (AvgIpc) is 2.89. The Morgan fingerprint density at radius 3 is 2.62 bits per heavy atom. The molecule has 112 valence electrons. The molecule has 0 saturated heterocycles. The second-order valence-corrected chi connectivity index (χ2v) is 4.52. The van der Waals surface area contributed by atoms with E-state index >= 15 is 0 Å². The summed E-state index contributed by atoms with van der Waals surface area (Å²) in [5.41, 5.74) is 2.23. The molecule has 1 N–H and O–H groups in total. The van der Waals surface area contributed by atoms with Crippen molar-refractivity contribution in [2.45, 2.75) is 0 Å². The van der Waals surface area contributed by atoms with Gasteiger partial charge in [0.2, 0.25) is 0 Å². The highest BCUT2D eigenvalue weighted by Crippen LogP contribution is 2.22. The lowest BCUT2D eigenvalue weighted by Gasteiger charge is -2.03. The van der Waals surface area contributed by atoms with E-state index in [-0.39, 0.29) is 5.91 Å². The fraction of sp³-hybridized carbons (Fsp3) is 0.333. The molecule has 1 aromatic carbocycles. The van der Waals surface area contributed by atoms with Gasteiger partial charge in [-0.15, -0.1) is 0 Å². The zero-order chi connectivity index (χ0) is 15.2. The summed E-state index contributed by atoms with van der Waals surface area (Å²) in [7, 11) is 5.03. The molecule has 0 fully saturated rings. The standard InChI is InChI=1S/C15H19N3O3/c1-18-14(11-4-6-12(21-3)7-5-11)10-13(17-18)15(19)16-8-9-20-2/h4-7,10H,8-9H2,1-3H3,(H,16,19). The molecule has 6 nitrogen and oxygen atoms in total. The van der Waals surface area contributed by atoms with Gasteiger partial charge in [0.1, 0.15) is 5.75 Å². The molecule has 0 aliphatic heterocycles. The van der Waals surface area contributed by atoms with Gasteiger partial charge in [0, 0.05) is 26.3 Å². The lowest BCUT2D eigenvalue weighted by molar-refractivity contribution is 0.0931. The van der Waals surface area contributed by atoms with E-state index in [4.69, 9.17) is 9.47 Å². The normalized spacial score (nSPS) is 10.4. The van der Waals surface area contributed by atoms with E-state index in [0.717, 1.165) is 17.0 Å². The minimum Gasteiger partial charge on any atom is -0.497 e. The molecule has 1 amide bonds. The van der Waals surface area contributed by atoms with Crippen molar-refractivity contribution in [3.8, 4) is 17.0 Å². The molecule has 0 aliphatic carbocycles. The van der Waals surface area contributed by atoms with Crippen LogP contribution in [0.15, 0.2) is 30.3 Å². The SMILES string of the molecule is COCCNC(=O)c1cc(-c2ccc(OC)cc2)n(C)n1. The van der Waals surface area contributed by atoms with Crippen molar-refractivity contribution in [2.75, 3.05) is 27.4 Å². The minimum absolute atomic E-state index is 0.206. The topological polar surface area (TPSA) is 65.4 Å². The third kappa shape index (κ3) is 3.61. The fourth-order valence-corrected chi connectivity index (χ4v) is 1.97. The summed E-state index contributed by atoms with van der Waals surface area (Å²) in [6, 6.07) is 9.39. The van der Waals surface area contributed by atoms with Crippen LogP contribution in [0.4, 0.5) is 0 Å². The molecule has 0 spiro atoms. The Kier molecular flexibility index (Phi) is 4.94. The molecular formula is C15H19N3O3. The number of rotatable bonds is 6. The number of nitrogens with one attached hydrogen (secondary N) is 1. The van der Waals surface area contributed by atoms with E-state index in [0.29, 0.717) is 18.8 Å². The maximum Gasteiger partial charge on any atom is 0.271 e. The number of benzene rings is 1. The molecule has 2 rings (SSSR count). The first kappa shape index (κ1) is 15.1. The number of aryl methyl sites for hydroxylation is 1. The maximum atomic E-state index is 12.0. The number of carbonyl (C=O) groups excluding carboxylic acids is 1. The Morgan fingerprint density at radius 2 is 2.00 bits per heavy atom. The summed E-state index contributed by atoms with van der Waals surface area (Å²) in [5, 5.41) is 6.99. The van der Waals surface area contributed by atoms with Crippen LogP contribution >= 0.6 is 0 Å². The van der Waals surface area contributed by atoms with Crippen LogP contribution in [-0.4, -0.2) is 43.1 Å². The van der Waals surface area contributed by atoms with Crippen LogP contribution in [0.5, 0.6) is 5.75 Å². The smallest absolute Gasteiger partial charge is 0.271 e. The van der Waals surface area contributed by atoms with Gasteiger partial charge in [0.05, 0.1) is 19.4 Å². The number of ether oxygens (including phenoxy) is 2. The van der Waals surface area contributed by atoms with Gasteiger partial charge in [-0.2, -0.15) is 5.10 Å². The van der Waals surface area contributed by atoms with Crippen LogP contribution in [0.1, 0.15) is 10.5 Å². The van der Waals surface area contributed by atoms with Crippen LogP contribution in [0, 0.1) is 0 Å². The van der Waals surface area contributed by atoms with E-state index in [2.05, 4.69) is 10.4 Å². The summed E-state index contributed by atoms with van der Waals surface area (Å²) in [4.78, 5) is 12.0. The Morgan fingerprint density at radius 1 is 1.29 bits per heavy atom. The summed E-state index contributed by atoms with van der Waals surface area (Å²) < 4.78 is 11.7. The molecule has 0 aliphatic rings. The van der Waals surface area contributed by atoms with E-state index in [1.54, 1.807) is 25.0 Å². The number of hydrogen-bond donors (Lipinski definition) is 1. The number of nitrogens with zero attached hydrogens (tertiary/aromatic N) is 2. The summed E-state index contributed by atoms with van der Waals surface area (Å²) in [6.45, 7) is 0.938. The second kappa shape index (κ2) is 6.90. The highest BCUT2D eigenvalue weighted by atomic mass is 16.5. The zero-order valence-corrected chi connectivity index (χ0v) is 12.4. The molecule has 0 radical (unpaired) electrons. The zero-order valence-electron chi connectivity index (χ0n) is 12.4. The van der Waals surface area contributed by atoms with Crippen LogP contribution < -0.4 is 10.1 Å². The lowest BCUT2D eigenvalue weighted by Crippen LogP contribution is -2.27. The summed E-state index contributed by atoms with van der Waals surface area (Å²) in [5.74, 6) is 0.584. The first-order valence-electron chi connectivity index (χ1n) is 6.61. The van der Waals surface area contributed by atoms with Crippen molar-refractivity contribution in [3.63, 3.8) is 0 Å². The third-order valence-corrected chi connectivity index (χ3v) is 3.09. The molecule has 2 aromatic rings. The van der Waals surface area contributed by atoms with Crippen molar-refractivity contribution in [2.24, 2.45) is 7.05 Å². The van der Waals surface area contributed by atoms with Gasteiger partial charge in [0.25, 0.3) is 5.91 Å². The van der Waals surface area contributed by atoms with E-state index in [9.17, 15) is 4.79 Å². The molecule has 0 bridgehead atoms. The maximum absolute atomic E-state index is 12.0. The molecule has 0 atom stereocenters. The van der Waals surface area contributed by atoms with Gasteiger partial charge in [-0.05, 0) is 30.3 Å².